The maximum Gasteiger partial charge on any atom is 0.306 e. The van der Waals surface area contributed by atoms with Crippen molar-refractivity contribution in [2.45, 2.75) is 297 Å². The molecule has 0 bridgehead atoms. The van der Waals surface area contributed by atoms with Crippen molar-refractivity contribution in [2.24, 2.45) is 0 Å². The van der Waals surface area contributed by atoms with Crippen LogP contribution in [0.5, 0.6) is 0 Å². The van der Waals surface area contributed by atoms with Gasteiger partial charge in [0.05, 0.1) is 0 Å². The van der Waals surface area contributed by atoms with Crippen LogP contribution in [0.4, 0.5) is 0 Å². The molecule has 71 heavy (non-hydrogen) atoms. The number of rotatable bonds is 54. The first-order valence-corrected chi connectivity index (χ1v) is 30.1. The summed E-state index contributed by atoms with van der Waals surface area (Å²) in [7, 11) is 0. The standard InChI is InChI=1S/C65H112O6/c1-4-7-10-13-16-18-20-22-24-25-26-27-28-29-30-31-32-33-34-35-36-37-38-39-41-42-44-46-49-52-55-58-64(67)70-61-62(60-69-63(66)57-54-51-48-15-12-9-6-3)71-65(68)59-56-53-50-47-45-43-40-23-21-19-17-14-11-8-5-2/h7-8,10-11,16-19,22-24,26-27,40,62H,4-6,9,12-15,20-21,25,28-39,41-61H2,1-3H3/b10-7-,11-8-,18-16-,19-17-,24-22-,27-26-,40-23-. The van der Waals surface area contributed by atoms with E-state index in [1.54, 1.807) is 0 Å². The fourth-order valence-electron chi connectivity index (χ4n) is 8.45. The lowest BCUT2D eigenvalue weighted by atomic mass is 10.0. The molecule has 0 spiro atoms. The molecule has 408 valence electrons. The van der Waals surface area contributed by atoms with Crippen LogP contribution in [0.3, 0.4) is 0 Å². The largest absolute Gasteiger partial charge is 0.462 e. The summed E-state index contributed by atoms with van der Waals surface area (Å²) in [5, 5.41) is 0. The van der Waals surface area contributed by atoms with Crippen LogP contribution in [0.15, 0.2) is 85.1 Å². The van der Waals surface area contributed by atoms with E-state index in [0.29, 0.717) is 19.3 Å². The molecule has 0 aromatic heterocycles. The predicted molar refractivity (Wildman–Crippen MR) is 307 cm³/mol. The minimum absolute atomic E-state index is 0.0802. The molecule has 0 rings (SSSR count). The first-order chi connectivity index (χ1) is 35.0. The van der Waals surface area contributed by atoms with E-state index in [1.807, 2.05) is 0 Å². The molecule has 0 amide bonds. The van der Waals surface area contributed by atoms with Gasteiger partial charge in [-0.15, -0.1) is 0 Å². The number of hydrogen-bond donors (Lipinski definition) is 0. The Labute approximate surface area is 439 Å². The predicted octanol–water partition coefficient (Wildman–Crippen LogP) is 20.3. The van der Waals surface area contributed by atoms with Crippen LogP contribution >= 0.6 is 0 Å². The van der Waals surface area contributed by atoms with Gasteiger partial charge in [0.2, 0.25) is 0 Å². The second-order valence-electron chi connectivity index (χ2n) is 19.9. The third-order valence-corrected chi connectivity index (χ3v) is 12.9. The number of unbranched alkanes of at least 4 members (excludes halogenated alkanes) is 29. The Balaban J connectivity index is 4.04. The average Bonchev–Trinajstić information content (AvgIpc) is 3.37. The second kappa shape index (κ2) is 59.2. The first kappa shape index (κ1) is 67.6. The summed E-state index contributed by atoms with van der Waals surface area (Å²) in [6.07, 6.45) is 77.6. The Hall–Kier alpha value is -3.41. The molecular formula is C65H112O6. The maximum atomic E-state index is 12.8. The summed E-state index contributed by atoms with van der Waals surface area (Å²) < 4.78 is 16.8. The molecular weight excluding hydrogens is 877 g/mol. The molecule has 1 unspecified atom stereocenters. The fourth-order valence-corrected chi connectivity index (χ4v) is 8.45. The van der Waals surface area contributed by atoms with Crippen molar-refractivity contribution in [2.75, 3.05) is 13.2 Å². The highest BCUT2D eigenvalue weighted by Crippen LogP contribution is 2.16. The highest BCUT2D eigenvalue weighted by Gasteiger charge is 2.19. The van der Waals surface area contributed by atoms with Crippen LogP contribution in [0.1, 0.15) is 290 Å². The van der Waals surface area contributed by atoms with Crippen LogP contribution < -0.4 is 0 Å². The van der Waals surface area contributed by atoms with Crippen LogP contribution in [0, 0.1) is 0 Å². The Morgan fingerprint density at radius 2 is 0.549 bits per heavy atom. The third-order valence-electron chi connectivity index (χ3n) is 12.9. The molecule has 0 aliphatic heterocycles. The number of allylic oxidation sites excluding steroid dienone is 14. The van der Waals surface area contributed by atoms with Crippen molar-refractivity contribution in [3.05, 3.63) is 85.1 Å². The number of esters is 3. The smallest absolute Gasteiger partial charge is 0.306 e. The zero-order valence-electron chi connectivity index (χ0n) is 46.7. The Morgan fingerprint density at radius 1 is 0.296 bits per heavy atom. The van der Waals surface area contributed by atoms with Gasteiger partial charge in [0.15, 0.2) is 6.10 Å². The van der Waals surface area contributed by atoms with Crippen LogP contribution in [0.25, 0.3) is 0 Å². The van der Waals surface area contributed by atoms with Crippen molar-refractivity contribution in [3.8, 4) is 0 Å². The van der Waals surface area contributed by atoms with Gasteiger partial charge in [0, 0.05) is 19.3 Å². The van der Waals surface area contributed by atoms with E-state index in [1.165, 1.54) is 128 Å². The number of carbonyl (C=O) groups is 3. The van der Waals surface area contributed by atoms with Gasteiger partial charge >= 0.3 is 17.9 Å². The van der Waals surface area contributed by atoms with Gasteiger partial charge in [0.1, 0.15) is 13.2 Å². The summed E-state index contributed by atoms with van der Waals surface area (Å²) in [5.74, 6) is -0.896. The number of carbonyl (C=O) groups excluding carboxylic acids is 3. The van der Waals surface area contributed by atoms with Crippen molar-refractivity contribution in [1.82, 2.24) is 0 Å². The van der Waals surface area contributed by atoms with E-state index in [-0.39, 0.29) is 31.1 Å². The quantitative estimate of drug-likeness (QED) is 0.0261. The van der Waals surface area contributed by atoms with E-state index < -0.39 is 6.10 Å². The van der Waals surface area contributed by atoms with Gasteiger partial charge in [-0.3, -0.25) is 14.4 Å². The fraction of sp³-hybridized carbons (Fsp3) is 0.738. The van der Waals surface area contributed by atoms with Gasteiger partial charge in [-0.2, -0.15) is 0 Å². The lowest BCUT2D eigenvalue weighted by Crippen LogP contribution is -2.30. The van der Waals surface area contributed by atoms with Gasteiger partial charge < -0.3 is 14.2 Å². The molecule has 0 aromatic rings. The highest BCUT2D eigenvalue weighted by atomic mass is 16.6. The SMILES string of the molecule is CC/C=C\C/C=C\C/C=C\C/C=C\CCCCCCCCCCCCCCCCCCCCC(=O)OCC(COC(=O)CCCCCCCCC)OC(=O)CCCCCCC/C=C\C/C=C\C/C=C\CC. The molecule has 0 heterocycles. The molecule has 6 nitrogen and oxygen atoms in total. The zero-order chi connectivity index (χ0) is 51.4. The Bertz CT molecular complexity index is 1370. The summed E-state index contributed by atoms with van der Waals surface area (Å²) in [4.78, 5) is 37.9. The van der Waals surface area contributed by atoms with E-state index in [2.05, 4.69) is 106 Å². The van der Waals surface area contributed by atoms with Crippen LogP contribution in [-0.2, 0) is 28.6 Å². The molecule has 0 aliphatic rings. The highest BCUT2D eigenvalue weighted by molar-refractivity contribution is 5.71. The molecule has 0 aromatic carbocycles. The third kappa shape index (κ3) is 57.4. The van der Waals surface area contributed by atoms with Crippen LogP contribution in [-0.4, -0.2) is 37.2 Å². The number of hydrogen-bond acceptors (Lipinski definition) is 6. The maximum absolute atomic E-state index is 12.8. The summed E-state index contributed by atoms with van der Waals surface area (Å²) in [6, 6.07) is 0. The summed E-state index contributed by atoms with van der Waals surface area (Å²) in [6.45, 7) is 6.37. The lowest BCUT2D eigenvalue weighted by Gasteiger charge is -2.18. The molecule has 1 atom stereocenters. The van der Waals surface area contributed by atoms with Crippen LogP contribution in [0.2, 0.25) is 0 Å². The topological polar surface area (TPSA) is 78.9 Å². The molecule has 0 saturated carbocycles. The van der Waals surface area contributed by atoms with Crippen molar-refractivity contribution < 1.29 is 28.6 Å². The Morgan fingerprint density at radius 3 is 0.859 bits per heavy atom. The van der Waals surface area contributed by atoms with Gasteiger partial charge in [-0.05, 0) is 89.9 Å². The van der Waals surface area contributed by atoms with E-state index in [0.717, 1.165) is 122 Å². The van der Waals surface area contributed by atoms with Gasteiger partial charge in [-0.1, -0.05) is 266 Å². The molecule has 0 saturated heterocycles. The number of ether oxygens (including phenoxy) is 3. The van der Waals surface area contributed by atoms with Gasteiger partial charge in [-0.25, -0.2) is 0 Å². The minimum Gasteiger partial charge on any atom is -0.462 e. The Kier molecular flexibility index (Phi) is 56.3. The van der Waals surface area contributed by atoms with E-state index >= 15 is 0 Å². The van der Waals surface area contributed by atoms with Crippen molar-refractivity contribution in [1.29, 1.82) is 0 Å². The molecule has 0 aliphatic carbocycles. The molecule has 6 heteroatoms. The van der Waals surface area contributed by atoms with Crippen molar-refractivity contribution >= 4 is 17.9 Å². The molecule has 0 fully saturated rings. The normalized spacial score (nSPS) is 12.7. The zero-order valence-corrected chi connectivity index (χ0v) is 46.7. The van der Waals surface area contributed by atoms with Crippen molar-refractivity contribution in [3.63, 3.8) is 0 Å². The van der Waals surface area contributed by atoms with E-state index in [9.17, 15) is 14.4 Å². The average molecular weight is 990 g/mol. The minimum atomic E-state index is -0.780. The van der Waals surface area contributed by atoms with Gasteiger partial charge in [0.25, 0.3) is 0 Å². The monoisotopic (exact) mass is 989 g/mol. The first-order valence-electron chi connectivity index (χ1n) is 30.1. The molecule has 0 radical (unpaired) electrons. The summed E-state index contributed by atoms with van der Waals surface area (Å²) >= 11 is 0. The summed E-state index contributed by atoms with van der Waals surface area (Å²) in [5.41, 5.74) is 0. The second-order valence-corrected chi connectivity index (χ2v) is 19.9. The van der Waals surface area contributed by atoms with E-state index in [4.69, 9.17) is 14.2 Å². The molecule has 0 N–H and O–H groups in total. The lowest BCUT2D eigenvalue weighted by molar-refractivity contribution is -0.167.